The zero-order valence-electron chi connectivity index (χ0n) is 18.8. The Morgan fingerprint density at radius 1 is 0.970 bits per heavy atom. The first kappa shape index (κ1) is 20.1. The first-order valence-corrected chi connectivity index (χ1v) is 12.0. The standard InChI is InChI=1S/C26H29N7/c1-2-10-22(11-3-1)33-18-29-23-24(28-16-19-7-6-13-27-15-19)30-26(31-25(23)33)32-14-12-20-8-4-5-9-21(20)17-32/h4-9,13,15,18,22H,1-3,10-12,14,16-17H2,(H,28,30,31). The summed E-state index contributed by atoms with van der Waals surface area (Å²) in [7, 11) is 0. The van der Waals surface area contributed by atoms with Crippen LogP contribution in [-0.2, 0) is 19.5 Å². The summed E-state index contributed by atoms with van der Waals surface area (Å²) in [6, 6.07) is 13.2. The second-order valence-corrected chi connectivity index (χ2v) is 9.14. The number of nitrogens with one attached hydrogen (secondary N) is 1. The predicted molar refractivity (Wildman–Crippen MR) is 130 cm³/mol. The number of hydrogen-bond acceptors (Lipinski definition) is 6. The molecule has 2 aliphatic rings. The second-order valence-electron chi connectivity index (χ2n) is 9.14. The fourth-order valence-corrected chi connectivity index (χ4v) is 5.15. The van der Waals surface area contributed by atoms with Crippen molar-refractivity contribution >= 4 is 22.9 Å². The maximum absolute atomic E-state index is 5.09. The van der Waals surface area contributed by atoms with Gasteiger partial charge in [-0.3, -0.25) is 4.98 Å². The van der Waals surface area contributed by atoms with Crippen LogP contribution in [0.25, 0.3) is 11.2 Å². The highest BCUT2D eigenvalue weighted by molar-refractivity contribution is 5.84. The highest BCUT2D eigenvalue weighted by Crippen LogP contribution is 2.33. The summed E-state index contributed by atoms with van der Waals surface area (Å²) in [6.45, 7) is 2.40. The van der Waals surface area contributed by atoms with Crippen molar-refractivity contribution in [2.75, 3.05) is 16.8 Å². The molecule has 0 bridgehead atoms. The highest BCUT2D eigenvalue weighted by atomic mass is 15.3. The number of benzene rings is 1. The smallest absolute Gasteiger partial charge is 0.229 e. The predicted octanol–water partition coefficient (Wildman–Crippen LogP) is 4.90. The molecule has 7 nitrogen and oxygen atoms in total. The summed E-state index contributed by atoms with van der Waals surface area (Å²) < 4.78 is 2.30. The van der Waals surface area contributed by atoms with Gasteiger partial charge in [-0.15, -0.1) is 0 Å². The number of aromatic nitrogens is 5. The number of anilines is 2. The molecular formula is C26H29N7. The van der Waals surface area contributed by atoms with Crippen molar-refractivity contribution in [1.29, 1.82) is 0 Å². The van der Waals surface area contributed by atoms with E-state index < -0.39 is 0 Å². The third-order valence-electron chi connectivity index (χ3n) is 6.97. The van der Waals surface area contributed by atoms with Crippen LogP contribution < -0.4 is 10.2 Å². The van der Waals surface area contributed by atoms with Crippen LogP contribution in [0.3, 0.4) is 0 Å². The average molecular weight is 440 g/mol. The molecule has 3 aromatic heterocycles. The van der Waals surface area contributed by atoms with Crippen LogP contribution >= 0.6 is 0 Å². The Balaban J connectivity index is 1.38. The molecule has 1 N–H and O–H groups in total. The van der Waals surface area contributed by atoms with Gasteiger partial charge < -0.3 is 14.8 Å². The Morgan fingerprint density at radius 2 is 1.85 bits per heavy atom. The Morgan fingerprint density at radius 3 is 2.70 bits per heavy atom. The molecular weight excluding hydrogens is 410 g/mol. The fourth-order valence-electron chi connectivity index (χ4n) is 5.15. The number of fused-ring (bicyclic) bond motifs is 2. The van der Waals surface area contributed by atoms with Crippen LogP contribution in [0.4, 0.5) is 11.8 Å². The van der Waals surface area contributed by atoms with E-state index >= 15 is 0 Å². The van der Waals surface area contributed by atoms with E-state index in [1.54, 1.807) is 6.20 Å². The van der Waals surface area contributed by atoms with E-state index in [9.17, 15) is 0 Å². The molecule has 1 aromatic carbocycles. The van der Waals surface area contributed by atoms with Gasteiger partial charge >= 0.3 is 0 Å². The molecule has 1 aliphatic heterocycles. The maximum atomic E-state index is 5.09. The Hall–Kier alpha value is -3.48. The zero-order valence-corrected chi connectivity index (χ0v) is 18.8. The Bertz CT molecular complexity index is 1240. The number of hydrogen-bond donors (Lipinski definition) is 1. The summed E-state index contributed by atoms with van der Waals surface area (Å²) in [5, 5.41) is 3.53. The van der Waals surface area contributed by atoms with E-state index in [1.165, 1.54) is 43.2 Å². The number of imidazole rings is 1. The van der Waals surface area contributed by atoms with E-state index in [2.05, 4.69) is 50.1 Å². The highest BCUT2D eigenvalue weighted by Gasteiger charge is 2.24. The third-order valence-corrected chi connectivity index (χ3v) is 6.97. The molecule has 0 amide bonds. The van der Waals surface area contributed by atoms with Crippen molar-refractivity contribution in [2.24, 2.45) is 0 Å². The molecule has 168 valence electrons. The third kappa shape index (κ3) is 4.03. The van der Waals surface area contributed by atoms with Crippen molar-refractivity contribution in [3.63, 3.8) is 0 Å². The van der Waals surface area contributed by atoms with E-state index in [4.69, 9.17) is 15.0 Å². The minimum Gasteiger partial charge on any atom is -0.364 e. The van der Waals surface area contributed by atoms with Crippen molar-refractivity contribution in [3.8, 4) is 0 Å². The Labute approximate surface area is 193 Å². The molecule has 1 fully saturated rings. The molecule has 1 saturated carbocycles. The lowest BCUT2D eigenvalue weighted by molar-refractivity contribution is 0.358. The summed E-state index contributed by atoms with van der Waals surface area (Å²) in [4.78, 5) is 21.4. The first-order valence-electron chi connectivity index (χ1n) is 12.0. The van der Waals surface area contributed by atoms with Gasteiger partial charge in [-0.05, 0) is 42.0 Å². The monoisotopic (exact) mass is 439 g/mol. The Kier molecular flexibility index (Phi) is 5.38. The summed E-state index contributed by atoms with van der Waals surface area (Å²) >= 11 is 0. The van der Waals surface area contributed by atoms with Crippen molar-refractivity contribution in [3.05, 3.63) is 71.8 Å². The molecule has 4 aromatic rings. The lowest BCUT2D eigenvalue weighted by atomic mass is 9.95. The molecule has 0 radical (unpaired) electrons. The van der Waals surface area contributed by atoms with Crippen LogP contribution in [-0.4, -0.2) is 31.0 Å². The van der Waals surface area contributed by atoms with Gasteiger partial charge in [-0.1, -0.05) is 49.6 Å². The molecule has 1 aliphatic carbocycles. The number of rotatable bonds is 5. The van der Waals surface area contributed by atoms with E-state index in [0.717, 1.165) is 48.0 Å². The van der Waals surface area contributed by atoms with Crippen molar-refractivity contribution < 1.29 is 0 Å². The minimum absolute atomic E-state index is 0.472. The van der Waals surface area contributed by atoms with Gasteiger partial charge in [0.05, 0.1) is 6.33 Å². The summed E-state index contributed by atoms with van der Waals surface area (Å²) in [6.07, 6.45) is 12.9. The topological polar surface area (TPSA) is 71.8 Å². The van der Waals surface area contributed by atoms with Gasteiger partial charge in [0.25, 0.3) is 0 Å². The number of pyridine rings is 1. The average Bonchev–Trinajstić information content (AvgIpc) is 3.32. The lowest BCUT2D eigenvalue weighted by Crippen LogP contribution is -2.32. The molecule has 4 heterocycles. The normalized spacial score (nSPS) is 16.7. The molecule has 0 saturated heterocycles. The zero-order chi connectivity index (χ0) is 22.0. The van der Waals surface area contributed by atoms with Crippen LogP contribution in [0.5, 0.6) is 0 Å². The van der Waals surface area contributed by atoms with Gasteiger partial charge in [0.15, 0.2) is 17.0 Å². The molecule has 0 atom stereocenters. The van der Waals surface area contributed by atoms with Crippen LogP contribution in [0.15, 0.2) is 55.1 Å². The minimum atomic E-state index is 0.472. The largest absolute Gasteiger partial charge is 0.364 e. The lowest BCUT2D eigenvalue weighted by Gasteiger charge is -2.29. The van der Waals surface area contributed by atoms with Crippen LogP contribution in [0.1, 0.15) is 54.8 Å². The van der Waals surface area contributed by atoms with Gasteiger partial charge in [0.2, 0.25) is 5.95 Å². The van der Waals surface area contributed by atoms with Crippen LogP contribution in [0, 0.1) is 0 Å². The van der Waals surface area contributed by atoms with Gasteiger partial charge in [0, 0.05) is 38.1 Å². The van der Waals surface area contributed by atoms with E-state index in [-0.39, 0.29) is 0 Å². The van der Waals surface area contributed by atoms with Gasteiger partial charge in [-0.25, -0.2) is 4.98 Å². The molecule has 0 unspecified atom stereocenters. The first-order chi connectivity index (χ1) is 16.3. The summed E-state index contributed by atoms with van der Waals surface area (Å²) in [5.41, 5.74) is 5.70. The number of nitrogens with zero attached hydrogens (tertiary/aromatic N) is 6. The molecule has 6 rings (SSSR count). The van der Waals surface area contributed by atoms with Gasteiger partial charge in [0.1, 0.15) is 0 Å². The molecule has 0 spiro atoms. The van der Waals surface area contributed by atoms with Crippen LogP contribution in [0.2, 0.25) is 0 Å². The molecule has 33 heavy (non-hydrogen) atoms. The van der Waals surface area contributed by atoms with Crippen molar-refractivity contribution in [1.82, 2.24) is 24.5 Å². The van der Waals surface area contributed by atoms with Crippen molar-refractivity contribution in [2.45, 2.75) is 57.7 Å². The maximum Gasteiger partial charge on any atom is 0.229 e. The fraction of sp³-hybridized carbons (Fsp3) is 0.385. The molecule has 7 heteroatoms. The second kappa shape index (κ2) is 8.81. The van der Waals surface area contributed by atoms with E-state index in [1.807, 2.05) is 18.6 Å². The SMILES string of the molecule is c1cncc(CNc2nc(N3CCc4ccccc4C3)nc3c2ncn3C2CCCCC2)c1. The summed E-state index contributed by atoms with van der Waals surface area (Å²) in [5.74, 6) is 1.58. The quantitative estimate of drug-likeness (QED) is 0.477. The van der Waals surface area contributed by atoms with E-state index in [0.29, 0.717) is 12.6 Å². The van der Waals surface area contributed by atoms with Gasteiger partial charge in [-0.2, -0.15) is 9.97 Å².